The number of methoxy groups -OCH3 is 2. The van der Waals surface area contributed by atoms with Crippen molar-refractivity contribution in [2.45, 2.75) is 6.92 Å². The van der Waals surface area contributed by atoms with E-state index in [1.807, 2.05) is 218 Å². The first-order valence-corrected chi connectivity index (χ1v) is 49.3. The van der Waals surface area contributed by atoms with Crippen LogP contribution in [-0.4, -0.2) is 84.9 Å². The van der Waals surface area contributed by atoms with Crippen LogP contribution in [0.3, 0.4) is 0 Å². The molecule has 722 valence electrons. The van der Waals surface area contributed by atoms with E-state index in [4.69, 9.17) is 39.2 Å². The molecular weight excluding hydrogens is 2140 g/mol. The number of para-hydroxylation sites is 1. The van der Waals surface area contributed by atoms with Crippen LogP contribution in [0.5, 0.6) is 51.7 Å². The number of nitrogens with one attached hydrogen (secondary N) is 7. The second-order valence-electron chi connectivity index (χ2n) is 34.1. The molecule has 26 heteroatoms. The third-order valence-corrected chi connectivity index (χ3v) is 26.7. The number of aromatic amines is 7. The van der Waals surface area contributed by atoms with Gasteiger partial charge in [0.25, 0.3) is 0 Å². The Balaban J connectivity index is 0.000000112. The van der Waals surface area contributed by atoms with Gasteiger partial charge in [0.1, 0.15) is 69.2 Å². The molecule has 0 aliphatic rings. The molecule has 24 rings (SSSR count). The van der Waals surface area contributed by atoms with Crippen LogP contribution in [0.2, 0.25) is 10.0 Å². The molecule has 0 amide bonds. The van der Waals surface area contributed by atoms with E-state index in [0.29, 0.717) is 32.4 Å². The number of phenols is 7. The zero-order chi connectivity index (χ0) is 102. The Kier molecular flexibility index (Phi) is 30.1. The second-order valence-corrected chi connectivity index (χ2v) is 38.6. The van der Waals surface area contributed by atoms with Crippen LogP contribution in [0.25, 0.3) is 193 Å². The minimum atomic E-state index is -0.285. The van der Waals surface area contributed by atoms with Crippen molar-refractivity contribution in [1.82, 2.24) is 34.9 Å². The molecule has 0 saturated carbocycles. The molecule has 0 aliphatic carbocycles. The van der Waals surface area contributed by atoms with E-state index in [1.54, 1.807) is 99.1 Å². The number of fused-ring (bicyclic) bond motifs is 7. The number of benzene rings is 17. The highest BCUT2D eigenvalue weighted by atomic mass is 79.9. The number of rotatable bonds is 12. The zero-order valence-electron chi connectivity index (χ0n) is 77.6. The van der Waals surface area contributed by atoms with E-state index in [1.165, 1.54) is 42.0 Å². The van der Waals surface area contributed by atoms with Gasteiger partial charge in [-0.1, -0.05) is 177 Å². The average Bonchev–Trinajstić information content (AvgIpc) is 1.66. The van der Waals surface area contributed by atoms with Crippen LogP contribution >= 0.6 is 86.9 Å². The maximum absolute atomic E-state index is 13.4. The molecule has 0 bridgehead atoms. The summed E-state index contributed by atoms with van der Waals surface area (Å²) in [5, 5.41) is 78.4. The summed E-state index contributed by atoms with van der Waals surface area (Å²) < 4.78 is 53.9. The smallest absolute Gasteiger partial charge is 0.187 e. The highest BCUT2D eigenvalue weighted by Gasteiger charge is 2.19. The number of aromatic nitrogens is 7. The van der Waals surface area contributed by atoms with Gasteiger partial charge in [-0.25, -0.2) is 18.0 Å². The first kappa shape index (κ1) is 99.6. The number of nitrogens with zero attached hydrogens (tertiary/aromatic N) is 1. The lowest BCUT2D eigenvalue weighted by Gasteiger charge is -2.08. The van der Waals surface area contributed by atoms with Gasteiger partial charge in [0.05, 0.1) is 60.6 Å². The molecule has 0 radical (unpaired) electrons. The van der Waals surface area contributed by atoms with Crippen LogP contribution in [-0.2, 0) is 0 Å². The maximum Gasteiger partial charge on any atom is 0.187 e. The number of phenolic OH excluding ortho intramolecular Hbond substituents is 7. The number of H-pyrrole nitrogens is 7. The predicted octanol–water partition coefficient (Wildman–Crippen LogP) is 35.4. The minimum absolute atomic E-state index is 0.166. The van der Waals surface area contributed by atoms with Crippen molar-refractivity contribution in [2.75, 3.05) is 14.2 Å². The van der Waals surface area contributed by atoms with Crippen LogP contribution in [0.15, 0.2) is 394 Å². The molecule has 0 unspecified atom stereocenters. The first-order valence-electron chi connectivity index (χ1n) is 45.4. The predicted molar refractivity (Wildman–Crippen MR) is 599 cm³/mol. The Morgan fingerprint density at radius 3 is 0.829 bits per heavy atom. The van der Waals surface area contributed by atoms with Crippen LogP contribution in [0.4, 0.5) is 18.9 Å². The summed E-state index contributed by atoms with van der Waals surface area (Å²) >= 11 is 25.5. The van der Waals surface area contributed by atoms with E-state index in [-0.39, 0.29) is 57.7 Å². The van der Waals surface area contributed by atoms with Gasteiger partial charge in [-0.3, -0.25) is 0 Å². The van der Waals surface area contributed by atoms with Crippen molar-refractivity contribution in [3.63, 3.8) is 0 Å². The molecule has 0 atom stereocenters. The summed E-state index contributed by atoms with van der Waals surface area (Å²) in [7, 11) is 3.29. The van der Waals surface area contributed by atoms with Crippen molar-refractivity contribution in [3.05, 3.63) is 438 Å². The molecule has 14 N–H and O–H groups in total. The van der Waals surface area contributed by atoms with Crippen molar-refractivity contribution in [3.8, 4) is 164 Å². The Bertz CT molecular complexity index is 8670. The minimum Gasteiger partial charge on any atom is -0.507 e. The Hall–Kier alpha value is -16.5. The average molecular weight is 2230 g/mol. The zero-order valence-corrected chi connectivity index (χ0v) is 85.4. The van der Waals surface area contributed by atoms with Gasteiger partial charge >= 0.3 is 0 Å². The standard InChI is InChI=1S/C21H16FNO2.C21H17NO2.C20H13ClFNO.C15H9BrN2O.C15H12BrNO.C14H9BrClNO.C14H9BrFNO/c1-25-17-6-2-13(3-7-17)14-4-9-21(24)18(11-14)20-12-15-10-16(22)5-8-19(15)23-20;1-24-17-9-6-14(7-10-17)15-8-11-21(23)18(12-15)20-13-16-4-2-3-5-19(16)22-20;21-15-4-1-12(2-5-15)13-3-8-20(24)17(10-13)19-11-14-9-16(22)6-7-18(14)23-19;1-17-11-3-4-13-9(6-11)7-14(18-13)12-8-10(16)2-5-15(12)19;1-9-2-4-13-10(6-9)7-14(17-13)12-8-11(16)3-5-15(12)18;2*15-9-1-4-14(18)11(7-9)13-6-8-5-10(16)2-3-12(8)17-13/h2-12,23-24H,1H3;2-13,22-23H,1H3;1-11,23-24H;2-8,18-19H;2-8,17-18H,1H3;2*1-7,17-18H. The van der Waals surface area contributed by atoms with Crippen molar-refractivity contribution >= 4 is 169 Å². The van der Waals surface area contributed by atoms with Crippen molar-refractivity contribution < 1.29 is 58.4 Å². The van der Waals surface area contributed by atoms with E-state index in [9.17, 15) is 48.9 Å². The summed E-state index contributed by atoms with van der Waals surface area (Å²) in [4.78, 5) is 26.2. The van der Waals surface area contributed by atoms with Gasteiger partial charge in [-0.2, -0.15) is 0 Å². The van der Waals surface area contributed by atoms with Gasteiger partial charge in [0.2, 0.25) is 0 Å². The van der Waals surface area contributed by atoms with E-state index in [2.05, 4.69) is 147 Å². The third kappa shape index (κ3) is 23.4. The summed E-state index contributed by atoms with van der Waals surface area (Å²) in [6.45, 7) is 9.09. The molecule has 146 heavy (non-hydrogen) atoms. The van der Waals surface area contributed by atoms with E-state index >= 15 is 0 Å². The van der Waals surface area contributed by atoms with Crippen molar-refractivity contribution in [1.29, 1.82) is 0 Å². The molecule has 17 aromatic carbocycles. The molecule has 0 fully saturated rings. The number of ether oxygens (including phenoxy) is 2. The normalized spacial score (nSPS) is 10.9. The topological polar surface area (TPSA) is 275 Å². The fourth-order valence-corrected chi connectivity index (χ4v) is 18.6. The largest absolute Gasteiger partial charge is 0.507 e. The number of hydrogen-bond acceptors (Lipinski definition) is 9. The van der Waals surface area contributed by atoms with Crippen LogP contribution in [0, 0.1) is 30.9 Å². The van der Waals surface area contributed by atoms with E-state index < -0.39 is 0 Å². The highest BCUT2D eigenvalue weighted by Crippen LogP contribution is 2.44. The number of hydrogen-bond donors (Lipinski definition) is 14. The Morgan fingerprint density at radius 1 is 0.247 bits per heavy atom. The molecule has 0 spiro atoms. The molecule has 0 aliphatic heterocycles. The van der Waals surface area contributed by atoms with Gasteiger partial charge < -0.3 is 80.1 Å². The Labute approximate surface area is 878 Å². The summed E-state index contributed by atoms with van der Waals surface area (Å²) in [5.74, 6) is 2.31. The maximum atomic E-state index is 13.4. The number of aryl methyl sites for hydroxylation is 1. The Morgan fingerprint density at radius 2 is 0.500 bits per heavy atom. The molecule has 24 aromatic rings. The lowest BCUT2D eigenvalue weighted by molar-refractivity contribution is 0.415. The fraction of sp³-hybridized carbons (Fsp3) is 0.0250. The summed E-state index contributed by atoms with van der Waals surface area (Å²) in [6.07, 6.45) is 0. The molecule has 17 nitrogen and oxygen atoms in total. The molecular formula is C120H85Br4Cl2F3N8O9. The molecule has 7 aromatic heterocycles. The number of aromatic hydroxyl groups is 7. The quantitative estimate of drug-likeness (QED) is 0.0517. The lowest BCUT2D eigenvalue weighted by atomic mass is 10.0. The van der Waals surface area contributed by atoms with Gasteiger partial charge in [0.15, 0.2) is 5.69 Å². The lowest BCUT2D eigenvalue weighted by Crippen LogP contribution is -1.85. The fourth-order valence-electron chi connectivity index (χ4n) is 16.8. The van der Waals surface area contributed by atoms with Crippen molar-refractivity contribution in [2.24, 2.45) is 0 Å². The molecule has 0 saturated heterocycles. The van der Waals surface area contributed by atoms with Crippen LogP contribution < -0.4 is 9.47 Å². The highest BCUT2D eigenvalue weighted by molar-refractivity contribution is 9.11. The van der Waals surface area contributed by atoms with Gasteiger partial charge in [-0.15, -0.1) is 0 Å². The number of halogens is 9. The van der Waals surface area contributed by atoms with Gasteiger partial charge in [-0.05, 0) is 337 Å². The first-order chi connectivity index (χ1) is 70.5. The second kappa shape index (κ2) is 44.2. The van der Waals surface area contributed by atoms with E-state index in [0.717, 1.165) is 201 Å². The monoisotopic (exact) mass is 2220 g/mol. The summed E-state index contributed by atoms with van der Waals surface area (Å²) in [6, 6.07) is 114. The summed E-state index contributed by atoms with van der Waals surface area (Å²) in [5.41, 5.74) is 25.4. The molecule has 7 heterocycles. The SMILES string of the molecule is COc1ccc(-c2ccc(O)c(-c3cc4cc(F)ccc4[nH]3)c2)cc1.COc1ccc(-c2ccc(O)c(-c3cc4ccccc4[nH]3)c2)cc1.Cc1ccc2[nH]c(-c3cc(Br)ccc3O)cc2c1.Oc1ccc(-c2ccc(Cl)cc2)cc1-c1cc2cc(F)ccc2[nH]1.Oc1ccc(Br)cc1-c1cc2cc(Cl)ccc2[nH]1.Oc1ccc(Br)cc1-c1cc2cc(F)ccc2[nH]1.[C-]#[N+]c1ccc2[nH]c(-c3cc(Br)ccc3O)cc2c1. The van der Waals surface area contributed by atoms with Gasteiger partial charge in [0, 0.05) is 138 Å². The third-order valence-electron chi connectivity index (χ3n) is 24.3. The van der Waals surface area contributed by atoms with Crippen LogP contribution in [0.1, 0.15) is 5.56 Å².